The van der Waals surface area contributed by atoms with Gasteiger partial charge in [-0.1, -0.05) is 54.6 Å². The Hall–Kier alpha value is -2.43. The molecular formula is C22H26N4. The van der Waals surface area contributed by atoms with Crippen molar-refractivity contribution in [1.29, 1.82) is 0 Å². The lowest BCUT2D eigenvalue weighted by Crippen LogP contribution is -2.49. The quantitative estimate of drug-likeness (QED) is 0.829. The zero-order chi connectivity index (χ0) is 17.6. The van der Waals surface area contributed by atoms with Gasteiger partial charge in [0.2, 0.25) is 0 Å². The summed E-state index contributed by atoms with van der Waals surface area (Å²) in [6.45, 7) is 7.48. The van der Waals surface area contributed by atoms with Crippen LogP contribution in [0.4, 0.5) is 0 Å². The van der Waals surface area contributed by atoms with E-state index in [2.05, 4.69) is 80.4 Å². The van der Waals surface area contributed by atoms with Crippen molar-refractivity contribution in [3.63, 3.8) is 0 Å². The normalized spacial score (nSPS) is 18.4. The van der Waals surface area contributed by atoms with Gasteiger partial charge in [0.25, 0.3) is 0 Å². The summed E-state index contributed by atoms with van der Waals surface area (Å²) < 4.78 is 0. The van der Waals surface area contributed by atoms with Crippen molar-refractivity contribution in [2.24, 2.45) is 4.99 Å². The number of nitrogens with zero attached hydrogens (tertiary/aromatic N) is 4. The molecule has 4 rings (SSSR count). The second kappa shape index (κ2) is 8.30. The Labute approximate surface area is 156 Å². The van der Waals surface area contributed by atoms with Gasteiger partial charge in [0, 0.05) is 45.5 Å². The number of benzene rings is 2. The molecule has 0 atom stereocenters. The van der Waals surface area contributed by atoms with E-state index in [-0.39, 0.29) is 0 Å². The van der Waals surface area contributed by atoms with Crippen LogP contribution in [0.25, 0.3) is 11.1 Å². The summed E-state index contributed by atoms with van der Waals surface area (Å²) in [5.41, 5.74) is 3.96. The van der Waals surface area contributed by atoms with Crippen LogP contribution in [0, 0.1) is 0 Å². The summed E-state index contributed by atoms with van der Waals surface area (Å²) in [7, 11) is 0. The maximum absolute atomic E-state index is 4.21. The summed E-state index contributed by atoms with van der Waals surface area (Å²) in [4.78, 5) is 11.5. The fourth-order valence-electron chi connectivity index (χ4n) is 3.55. The molecule has 0 spiro atoms. The van der Waals surface area contributed by atoms with E-state index in [0.717, 1.165) is 45.9 Å². The molecule has 0 aromatic heterocycles. The minimum absolute atomic E-state index is 0.970. The molecule has 0 amide bonds. The van der Waals surface area contributed by atoms with E-state index < -0.39 is 0 Å². The first kappa shape index (κ1) is 17.0. The Kier molecular flexibility index (Phi) is 5.43. The van der Waals surface area contributed by atoms with Gasteiger partial charge in [-0.2, -0.15) is 0 Å². The molecule has 0 bridgehead atoms. The fraction of sp³-hybridized carbons (Fsp3) is 0.318. The van der Waals surface area contributed by atoms with Gasteiger partial charge in [-0.05, 0) is 22.8 Å². The van der Waals surface area contributed by atoms with Crippen LogP contribution in [0.15, 0.2) is 71.9 Å². The van der Waals surface area contributed by atoms with Crippen LogP contribution in [-0.2, 0) is 6.54 Å². The van der Waals surface area contributed by atoms with Gasteiger partial charge < -0.3 is 4.90 Å². The van der Waals surface area contributed by atoms with E-state index in [1.165, 1.54) is 16.7 Å². The van der Waals surface area contributed by atoms with Crippen LogP contribution in [0.3, 0.4) is 0 Å². The largest absolute Gasteiger partial charge is 0.346 e. The van der Waals surface area contributed by atoms with E-state index in [1.54, 1.807) is 0 Å². The van der Waals surface area contributed by atoms with E-state index in [0.29, 0.717) is 0 Å². The standard InChI is InChI=1S/C22H26N4/c1-2-5-21(6-3-1)22-9-7-20(8-10-22)17-24-13-15-25(16-14-24)19-26-12-4-11-23-18-26/h1-11,18H,12-17,19H2. The Bertz CT molecular complexity index is 743. The van der Waals surface area contributed by atoms with Crippen molar-refractivity contribution < 1.29 is 0 Å². The monoisotopic (exact) mass is 346 g/mol. The Morgan fingerprint density at radius 1 is 0.769 bits per heavy atom. The van der Waals surface area contributed by atoms with Gasteiger partial charge in [-0.3, -0.25) is 9.80 Å². The molecule has 4 heteroatoms. The SMILES string of the molecule is C1=CN=CN(CN2CCN(Cc3ccc(-c4ccccc4)cc3)CC2)C1. The van der Waals surface area contributed by atoms with Gasteiger partial charge in [0.05, 0.1) is 13.0 Å². The molecule has 4 nitrogen and oxygen atoms in total. The first-order valence-electron chi connectivity index (χ1n) is 9.38. The second-order valence-electron chi connectivity index (χ2n) is 7.02. The summed E-state index contributed by atoms with van der Waals surface area (Å²) in [5.74, 6) is 0. The summed E-state index contributed by atoms with van der Waals surface area (Å²) in [5, 5.41) is 0. The minimum atomic E-state index is 0.970. The second-order valence-corrected chi connectivity index (χ2v) is 7.02. The highest BCUT2D eigenvalue weighted by molar-refractivity contribution is 5.63. The molecule has 1 saturated heterocycles. The molecule has 0 unspecified atom stereocenters. The lowest BCUT2D eigenvalue weighted by molar-refractivity contribution is 0.0989. The Balaban J connectivity index is 1.26. The number of rotatable bonds is 5. The van der Waals surface area contributed by atoms with E-state index >= 15 is 0 Å². The van der Waals surface area contributed by atoms with Crippen LogP contribution < -0.4 is 0 Å². The molecule has 0 radical (unpaired) electrons. The fourth-order valence-corrected chi connectivity index (χ4v) is 3.55. The van der Waals surface area contributed by atoms with Gasteiger partial charge >= 0.3 is 0 Å². The Morgan fingerprint density at radius 2 is 1.46 bits per heavy atom. The highest BCUT2D eigenvalue weighted by Crippen LogP contribution is 2.20. The molecule has 134 valence electrons. The van der Waals surface area contributed by atoms with Crippen LogP contribution in [-0.4, -0.2) is 60.4 Å². The van der Waals surface area contributed by atoms with Crippen molar-refractivity contribution in [3.8, 4) is 11.1 Å². The highest BCUT2D eigenvalue weighted by Gasteiger charge is 2.18. The molecule has 2 heterocycles. The maximum atomic E-state index is 4.21. The smallest absolute Gasteiger partial charge is 0.0918 e. The molecule has 26 heavy (non-hydrogen) atoms. The molecule has 2 aromatic rings. The lowest BCUT2D eigenvalue weighted by Gasteiger charge is -2.37. The van der Waals surface area contributed by atoms with Gasteiger partial charge in [0.15, 0.2) is 0 Å². The van der Waals surface area contributed by atoms with Gasteiger partial charge in [0.1, 0.15) is 0 Å². The third-order valence-electron chi connectivity index (χ3n) is 5.08. The van der Waals surface area contributed by atoms with Crippen LogP contribution in [0.2, 0.25) is 0 Å². The van der Waals surface area contributed by atoms with Crippen molar-refractivity contribution in [2.45, 2.75) is 6.54 Å². The number of hydrogen-bond acceptors (Lipinski definition) is 4. The van der Waals surface area contributed by atoms with Crippen LogP contribution >= 0.6 is 0 Å². The third-order valence-corrected chi connectivity index (χ3v) is 5.08. The first-order valence-corrected chi connectivity index (χ1v) is 9.38. The average Bonchev–Trinajstić information content (AvgIpc) is 2.72. The zero-order valence-corrected chi connectivity index (χ0v) is 15.2. The lowest BCUT2D eigenvalue weighted by atomic mass is 10.0. The average molecular weight is 346 g/mol. The molecule has 2 aliphatic heterocycles. The molecule has 0 N–H and O–H groups in total. The van der Waals surface area contributed by atoms with Crippen LogP contribution in [0.1, 0.15) is 5.56 Å². The number of piperazine rings is 1. The third kappa shape index (κ3) is 4.40. The number of aliphatic imine (C=N–C) groups is 1. The zero-order valence-electron chi connectivity index (χ0n) is 15.2. The van der Waals surface area contributed by atoms with Crippen molar-refractivity contribution in [2.75, 3.05) is 39.4 Å². The van der Waals surface area contributed by atoms with Crippen molar-refractivity contribution in [3.05, 3.63) is 72.4 Å². The first-order chi connectivity index (χ1) is 12.9. The molecule has 0 aliphatic carbocycles. The predicted molar refractivity (Wildman–Crippen MR) is 108 cm³/mol. The molecular weight excluding hydrogens is 320 g/mol. The molecule has 1 fully saturated rings. The predicted octanol–water partition coefficient (Wildman–Crippen LogP) is 3.29. The van der Waals surface area contributed by atoms with Gasteiger partial charge in [-0.25, -0.2) is 4.99 Å². The molecule has 2 aromatic carbocycles. The Morgan fingerprint density at radius 3 is 2.15 bits per heavy atom. The molecule has 2 aliphatic rings. The maximum Gasteiger partial charge on any atom is 0.0918 e. The van der Waals surface area contributed by atoms with Gasteiger partial charge in [-0.15, -0.1) is 0 Å². The van der Waals surface area contributed by atoms with E-state index in [1.807, 2.05) is 12.5 Å². The van der Waals surface area contributed by atoms with E-state index in [9.17, 15) is 0 Å². The van der Waals surface area contributed by atoms with Crippen molar-refractivity contribution >= 4 is 6.34 Å². The minimum Gasteiger partial charge on any atom is -0.346 e. The summed E-state index contributed by atoms with van der Waals surface area (Å²) in [6.07, 6.45) is 5.92. The molecule has 0 saturated carbocycles. The number of hydrogen-bond donors (Lipinski definition) is 0. The van der Waals surface area contributed by atoms with Crippen LogP contribution in [0.5, 0.6) is 0 Å². The van der Waals surface area contributed by atoms with Crippen molar-refractivity contribution in [1.82, 2.24) is 14.7 Å². The summed E-state index contributed by atoms with van der Waals surface area (Å²) >= 11 is 0. The van der Waals surface area contributed by atoms with E-state index in [4.69, 9.17) is 0 Å². The summed E-state index contributed by atoms with van der Waals surface area (Å²) in [6, 6.07) is 19.6. The topological polar surface area (TPSA) is 22.1 Å². The highest BCUT2D eigenvalue weighted by atomic mass is 15.4.